The van der Waals surface area contributed by atoms with Gasteiger partial charge < -0.3 is 9.67 Å². The molecule has 0 atom stereocenters. The van der Waals surface area contributed by atoms with Crippen LogP contribution in [-0.4, -0.2) is 25.6 Å². The molecule has 11 heteroatoms. The number of aromatic carboxylic acids is 1. The molecule has 6 nitrogen and oxygen atoms in total. The number of aromatic nitrogens is 3. The first-order chi connectivity index (χ1) is 14.5. The monoisotopic (exact) mass is 471 g/mol. The number of carbonyl (C=O) groups is 1. The van der Waals surface area contributed by atoms with Crippen LogP contribution in [0, 0.1) is 0 Å². The lowest BCUT2D eigenvalue weighted by molar-refractivity contribution is -0.145. The maximum Gasteiger partial charge on any atom is 0.451 e. The van der Waals surface area contributed by atoms with Crippen LogP contribution >= 0.6 is 23.2 Å². The Morgan fingerprint density at radius 2 is 1.87 bits per heavy atom. The summed E-state index contributed by atoms with van der Waals surface area (Å²) in [5, 5.41) is 10.0. The Morgan fingerprint density at radius 1 is 1.16 bits per heavy atom. The van der Waals surface area contributed by atoms with E-state index in [-0.39, 0.29) is 40.1 Å². The Hall–Kier alpha value is -2.91. The standard InChI is InChI=1S/C20H14Cl2F3N3O3/c1-2-28-12(8-11-5-6-26-19(27-11)20(23,24)25)9-15(29)16(18(30)31)17(28)10-3-4-13(21)14(22)7-10/h3-7,9H,2,8H2,1H3,(H,30,31). The number of nitrogens with zero attached hydrogens (tertiary/aromatic N) is 3. The summed E-state index contributed by atoms with van der Waals surface area (Å²) in [5.74, 6) is -2.75. The SMILES string of the molecule is CCn1c(Cc2ccnc(C(F)(F)F)n2)cc(=O)c(C(=O)O)c1-c1ccc(Cl)c(Cl)c1. The highest BCUT2D eigenvalue weighted by molar-refractivity contribution is 6.42. The summed E-state index contributed by atoms with van der Waals surface area (Å²) in [6.45, 7) is 1.93. The molecule has 0 saturated heterocycles. The smallest absolute Gasteiger partial charge is 0.451 e. The van der Waals surface area contributed by atoms with Gasteiger partial charge in [-0.25, -0.2) is 14.8 Å². The summed E-state index contributed by atoms with van der Waals surface area (Å²) >= 11 is 12.0. The highest BCUT2D eigenvalue weighted by Crippen LogP contribution is 2.31. The molecular weight excluding hydrogens is 458 g/mol. The van der Waals surface area contributed by atoms with Gasteiger partial charge in [-0.3, -0.25) is 4.79 Å². The first-order valence-electron chi connectivity index (χ1n) is 8.87. The molecule has 0 radical (unpaired) electrons. The van der Waals surface area contributed by atoms with E-state index in [4.69, 9.17) is 23.2 Å². The number of alkyl halides is 3. The van der Waals surface area contributed by atoms with Gasteiger partial charge in [0.25, 0.3) is 0 Å². The zero-order chi connectivity index (χ0) is 22.9. The molecule has 0 aliphatic carbocycles. The zero-order valence-corrected chi connectivity index (χ0v) is 17.4. The zero-order valence-electron chi connectivity index (χ0n) is 15.9. The highest BCUT2D eigenvalue weighted by atomic mass is 35.5. The fourth-order valence-electron chi connectivity index (χ4n) is 3.17. The molecule has 162 valence electrons. The Bertz CT molecular complexity index is 1230. The van der Waals surface area contributed by atoms with E-state index >= 15 is 0 Å². The summed E-state index contributed by atoms with van der Waals surface area (Å²) in [6, 6.07) is 6.78. The third-order valence-electron chi connectivity index (χ3n) is 4.45. The lowest BCUT2D eigenvalue weighted by Crippen LogP contribution is -2.24. The van der Waals surface area contributed by atoms with Gasteiger partial charge in [-0.2, -0.15) is 13.2 Å². The molecule has 0 bridgehead atoms. The van der Waals surface area contributed by atoms with Crippen molar-refractivity contribution in [1.82, 2.24) is 14.5 Å². The van der Waals surface area contributed by atoms with Crippen molar-refractivity contribution in [1.29, 1.82) is 0 Å². The van der Waals surface area contributed by atoms with Crippen LogP contribution in [0.2, 0.25) is 10.0 Å². The first kappa shape index (κ1) is 22.8. The molecule has 0 spiro atoms. The Balaban J connectivity index is 2.24. The normalized spacial score (nSPS) is 11.5. The van der Waals surface area contributed by atoms with Gasteiger partial charge in [0, 0.05) is 36.5 Å². The Labute approximate surface area is 183 Å². The quantitative estimate of drug-likeness (QED) is 0.569. The van der Waals surface area contributed by atoms with E-state index in [2.05, 4.69) is 9.97 Å². The molecule has 0 fully saturated rings. The lowest BCUT2D eigenvalue weighted by Gasteiger charge is -2.20. The maximum atomic E-state index is 12.9. The second-order valence-electron chi connectivity index (χ2n) is 6.45. The van der Waals surface area contributed by atoms with Crippen LogP contribution in [0.3, 0.4) is 0 Å². The van der Waals surface area contributed by atoms with Crippen molar-refractivity contribution in [2.24, 2.45) is 0 Å². The fourth-order valence-corrected chi connectivity index (χ4v) is 3.47. The molecule has 0 saturated carbocycles. The van der Waals surface area contributed by atoms with Crippen molar-refractivity contribution in [2.45, 2.75) is 26.1 Å². The largest absolute Gasteiger partial charge is 0.477 e. The average Bonchev–Trinajstić information content (AvgIpc) is 2.69. The molecule has 3 aromatic rings. The molecule has 3 rings (SSSR count). The minimum Gasteiger partial charge on any atom is -0.477 e. The first-order valence-corrected chi connectivity index (χ1v) is 9.63. The van der Waals surface area contributed by atoms with Crippen LogP contribution in [0.4, 0.5) is 13.2 Å². The number of carboxylic acid groups (broad SMARTS) is 1. The van der Waals surface area contributed by atoms with Gasteiger partial charge in [-0.15, -0.1) is 0 Å². The van der Waals surface area contributed by atoms with Crippen LogP contribution in [0.25, 0.3) is 11.3 Å². The number of benzene rings is 1. The van der Waals surface area contributed by atoms with Crippen molar-refractivity contribution in [3.05, 3.63) is 79.6 Å². The van der Waals surface area contributed by atoms with Gasteiger partial charge in [0.15, 0.2) is 5.43 Å². The predicted octanol–water partition coefficient (Wildman–Crippen LogP) is 4.94. The summed E-state index contributed by atoms with van der Waals surface area (Å²) in [5.41, 5.74) is -0.578. The average molecular weight is 472 g/mol. The van der Waals surface area contributed by atoms with Gasteiger partial charge in [-0.1, -0.05) is 29.3 Å². The van der Waals surface area contributed by atoms with Gasteiger partial charge in [0.1, 0.15) is 5.56 Å². The molecule has 0 amide bonds. The summed E-state index contributed by atoms with van der Waals surface area (Å²) in [6.07, 6.45) is -3.90. The van der Waals surface area contributed by atoms with Crippen molar-refractivity contribution < 1.29 is 23.1 Å². The van der Waals surface area contributed by atoms with Crippen LogP contribution < -0.4 is 5.43 Å². The highest BCUT2D eigenvalue weighted by Gasteiger charge is 2.34. The van der Waals surface area contributed by atoms with Gasteiger partial charge in [-0.05, 0) is 25.1 Å². The van der Waals surface area contributed by atoms with Crippen LogP contribution in [0.5, 0.6) is 0 Å². The van der Waals surface area contributed by atoms with E-state index in [1.54, 1.807) is 6.92 Å². The lowest BCUT2D eigenvalue weighted by atomic mass is 10.0. The maximum absolute atomic E-state index is 12.9. The second kappa shape index (κ2) is 8.68. The van der Waals surface area contributed by atoms with Crippen LogP contribution in [0.15, 0.2) is 41.3 Å². The molecule has 2 aromatic heterocycles. The molecule has 0 aliphatic heterocycles. The molecule has 1 N–H and O–H groups in total. The van der Waals surface area contributed by atoms with Crippen LogP contribution in [-0.2, 0) is 19.1 Å². The minimum absolute atomic E-state index is 0.0205. The second-order valence-corrected chi connectivity index (χ2v) is 7.26. The summed E-state index contributed by atoms with van der Waals surface area (Å²) < 4.78 is 40.4. The van der Waals surface area contributed by atoms with E-state index in [0.29, 0.717) is 5.56 Å². The van der Waals surface area contributed by atoms with Gasteiger partial charge in [0.2, 0.25) is 5.82 Å². The van der Waals surface area contributed by atoms with E-state index < -0.39 is 29.0 Å². The molecule has 0 unspecified atom stereocenters. The van der Waals surface area contributed by atoms with E-state index in [1.807, 2.05) is 0 Å². The van der Waals surface area contributed by atoms with E-state index in [1.165, 1.54) is 28.8 Å². The van der Waals surface area contributed by atoms with Crippen molar-refractivity contribution >= 4 is 29.2 Å². The topological polar surface area (TPSA) is 85.1 Å². The minimum atomic E-state index is -4.72. The fraction of sp³-hybridized carbons (Fsp3) is 0.200. The number of carboxylic acids is 1. The summed E-state index contributed by atoms with van der Waals surface area (Å²) in [7, 11) is 0. The van der Waals surface area contributed by atoms with Crippen molar-refractivity contribution in [3.8, 4) is 11.3 Å². The number of pyridine rings is 1. The van der Waals surface area contributed by atoms with E-state index in [0.717, 1.165) is 12.3 Å². The van der Waals surface area contributed by atoms with E-state index in [9.17, 15) is 27.9 Å². The van der Waals surface area contributed by atoms with Crippen molar-refractivity contribution in [3.63, 3.8) is 0 Å². The van der Waals surface area contributed by atoms with Gasteiger partial charge >= 0.3 is 12.1 Å². The molecule has 2 heterocycles. The molecule has 31 heavy (non-hydrogen) atoms. The van der Waals surface area contributed by atoms with Crippen molar-refractivity contribution in [2.75, 3.05) is 0 Å². The number of rotatable bonds is 5. The third-order valence-corrected chi connectivity index (χ3v) is 5.19. The molecule has 0 aliphatic rings. The number of hydrogen-bond donors (Lipinski definition) is 1. The molecular formula is C20H14Cl2F3N3O3. The molecule has 1 aromatic carbocycles. The predicted molar refractivity (Wildman–Crippen MR) is 109 cm³/mol. The number of halogens is 5. The van der Waals surface area contributed by atoms with Crippen LogP contribution in [0.1, 0.15) is 34.5 Å². The third kappa shape index (κ3) is 4.72. The Morgan fingerprint density at radius 3 is 2.45 bits per heavy atom. The summed E-state index contributed by atoms with van der Waals surface area (Å²) in [4.78, 5) is 31.2. The number of hydrogen-bond acceptors (Lipinski definition) is 4. The Kier molecular flexibility index (Phi) is 6.38. The van der Waals surface area contributed by atoms with Gasteiger partial charge in [0.05, 0.1) is 21.4 Å².